The van der Waals surface area contributed by atoms with Crippen LogP contribution >= 0.6 is 0 Å². The van der Waals surface area contributed by atoms with Gasteiger partial charge in [0.15, 0.2) is 0 Å². The summed E-state index contributed by atoms with van der Waals surface area (Å²) in [5.74, 6) is 0.143. The standard InChI is InChI=1S/C28H35N3O4SSi/c1-5-22-13-14-29-25(17-22)18-24-11-12-26(27(19-24)35-21-23-9-7-6-8-10-23)31-20-28(32)30(36(31,33)34)15-16-37(2,3)4/h6-14,17,19-20,32H,5,15-16,18,21H2,1-4H3. The van der Waals surface area contributed by atoms with Gasteiger partial charge < -0.3 is 9.84 Å². The molecule has 37 heavy (non-hydrogen) atoms. The van der Waals surface area contributed by atoms with Crippen LogP contribution < -0.4 is 9.04 Å². The number of aromatic nitrogens is 1. The van der Waals surface area contributed by atoms with E-state index in [4.69, 9.17) is 4.74 Å². The molecule has 1 N–H and O–H groups in total. The van der Waals surface area contributed by atoms with Crippen LogP contribution in [0.15, 0.2) is 78.9 Å². The van der Waals surface area contributed by atoms with Crippen molar-refractivity contribution in [1.29, 1.82) is 0 Å². The molecule has 4 rings (SSSR count). The summed E-state index contributed by atoms with van der Waals surface area (Å²) in [6, 6.07) is 20.0. The molecule has 0 saturated carbocycles. The molecule has 0 radical (unpaired) electrons. The van der Waals surface area contributed by atoms with Crippen LogP contribution in [0.2, 0.25) is 25.7 Å². The summed E-state index contributed by atoms with van der Waals surface area (Å²) in [6.45, 7) is 9.16. The second-order valence-electron chi connectivity index (χ2n) is 10.4. The summed E-state index contributed by atoms with van der Waals surface area (Å²) in [4.78, 5) is 4.50. The van der Waals surface area contributed by atoms with E-state index in [2.05, 4.69) is 37.6 Å². The Morgan fingerprint density at radius 1 is 0.973 bits per heavy atom. The highest BCUT2D eigenvalue weighted by molar-refractivity contribution is 7.91. The number of aliphatic hydroxyl groups excluding tert-OH is 1. The Labute approximate surface area is 221 Å². The molecule has 0 fully saturated rings. The monoisotopic (exact) mass is 537 g/mol. The third-order valence-electron chi connectivity index (χ3n) is 6.25. The van der Waals surface area contributed by atoms with Gasteiger partial charge in [0.1, 0.15) is 18.0 Å². The summed E-state index contributed by atoms with van der Waals surface area (Å²) in [5, 5.41) is 10.6. The van der Waals surface area contributed by atoms with Crippen molar-refractivity contribution in [3.63, 3.8) is 0 Å². The van der Waals surface area contributed by atoms with E-state index in [0.29, 0.717) is 17.9 Å². The third-order valence-corrected chi connectivity index (χ3v) is 9.70. The zero-order chi connectivity index (χ0) is 26.6. The Bertz CT molecular complexity index is 1370. The van der Waals surface area contributed by atoms with Gasteiger partial charge in [-0.05, 0) is 53.4 Å². The fourth-order valence-electron chi connectivity index (χ4n) is 4.08. The molecule has 1 aromatic heterocycles. The SMILES string of the molecule is CCc1ccnc(Cc2ccc(N3C=C(O)N(CC[Si](C)(C)C)S3(=O)=O)c(OCc3ccccc3)c2)c1. The minimum Gasteiger partial charge on any atom is -0.493 e. The summed E-state index contributed by atoms with van der Waals surface area (Å²) in [5.41, 5.74) is 4.43. The predicted molar refractivity (Wildman–Crippen MR) is 151 cm³/mol. The van der Waals surface area contributed by atoms with Gasteiger partial charge in [-0.25, -0.2) is 8.61 Å². The highest BCUT2D eigenvalue weighted by atomic mass is 32.2. The Kier molecular flexibility index (Phi) is 7.94. The Balaban J connectivity index is 1.66. The molecular formula is C28H35N3O4SSi. The average molecular weight is 538 g/mol. The van der Waals surface area contributed by atoms with Gasteiger partial charge in [-0.3, -0.25) is 4.98 Å². The second-order valence-corrected chi connectivity index (χ2v) is 17.8. The van der Waals surface area contributed by atoms with E-state index in [0.717, 1.165) is 37.9 Å². The minimum absolute atomic E-state index is 0.245. The van der Waals surface area contributed by atoms with Gasteiger partial charge >= 0.3 is 10.2 Å². The molecule has 1 aliphatic rings. The Morgan fingerprint density at radius 2 is 1.73 bits per heavy atom. The van der Waals surface area contributed by atoms with Crippen molar-refractivity contribution in [2.75, 3.05) is 10.8 Å². The van der Waals surface area contributed by atoms with Crippen LogP contribution in [-0.4, -0.2) is 37.4 Å². The van der Waals surface area contributed by atoms with E-state index in [1.807, 2.05) is 54.7 Å². The number of hydrogen-bond acceptors (Lipinski definition) is 5. The number of nitrogens with zero attached hydrogens (tertiary/aromatic N) is 3. The lowest BCUT2D eigenvalue weighted by atomic mass is 10.1. The maximum Gasteiger partial charge on any atom is 0.332 e. The summed E-state index contributed by atoms with van der Waals surface area (Å²) in [7, 11) is -5.51. The van der Waals surface area contributed by atoms with Crippen molar-refractivity contribution < 1.29 is 18.3 Å². The quantitative estimate of drug-likeness (QED) is 0.327. The van der Waals surface area contributed by atoms with E-state index in [-0.39, 0.29) is 19.0 Å². The molecule has 0 spiro atoms. The normalized spacial score (nSPS) is 15.1. The summed E-state index contributed by atoms with van der Waals surface area (Å²) >= 11 is 0. The fourth-order valence-corrected chi connectivity index (χ4v) is 6.58. The molecule has 196 valence electrons. The number of pyridine rings is 1. The van der Waals surface area contributed by atoms with Crippen molar-refractivity contribution >= 4 is 24.0 Å². The molecule has 0 atom stereocenters. The number of anilines is 1. The van der Waals surface area contributed by atoms with Gasteiger partial charge in [0.05, 0.1) is 6.20 Å². The van der Waals surface area contributed by atoms with Gasteiger partial charge in [-0.15, -0.1) is 0 Å². The molecule has 1 aliphatic heterocycles. The smallest absolute Gasteiger partial charge is 0.332 e. The van der Waals surface area contributed by atoms with Gasteiger partial charge in [-0.2, -0.15) is 8.42 Å². The first-order valence-electron chi connectivity index (χ1n) is 12.5. The average Bonchev–Trinajstić information content (AvgIpc) is 3.09. The lowest BCUT2D eigenvalue weighted by Gasteiger charge is -2.25. The molecule has 0 aliphatic carbocycles. The molecule has 2 aromatic carbocycles. The molecule has 0 saturated heterocycles. The van der Waals surface area contributed by atoms with Crippen LogP contribution in [0.3, 0.4) is 0 Å². The van der Waals surface area contributed by atoms with E-state index in [9.17, 15) is 13.5 Å². The van der Waals surface area contributed by atoms with Crippen molar-refractivity contribution in [1.82, 2.24) is 9.29 Å². The second kappa shape index (κ2) is 11.0. The molecular weight excluding hydrogens is 502 g/mol. The largest absolute Gasteiger partial charge is 0.493 e. The third kappa shape index (κ3) is 6.53. The zero-order valence-electron chi connectivity index (χ0n) is 21.9. The molecule has 3 aromatic rings. The number of benzene rings is 2. The van der Waals surface area contributed by atoms with E-state index in [1.54, 1.807) is 6.07 Å². The highest BCUT2D eigenvalue weighted by Crippen LogP contribution is 2.38. The summed E-state index contributed by atoms with van der Waals surface area (Å²) < 4.78 is 35.4. The zero-order valence-corrected chi connectivity index (χ0v) is 23.7. The Morgan fingerprint density at radius 3 is 2.43 bits per heavy atom. The van der Waals surface area contributed by atoms with Crippen LogP contribution in [0.25, 0.3) is 0 Å². The van der Waals surface area contributed by atoms with Crippen LogP contribution in [0.5, 0.6) is 5.75 Å². The van der Waals surface area contributed by atoms with Gasteiger partial charge in [0, 0.05) is 32.9 Å². The molecule has 2 heterocycles. The summed E-state index contributed by atoms with van der Waals surface area (Å²) in [6.07, 6.45) is 4.59. The van der Waals surface area contributed by atoms with Crippen LogP contribution in [-0.2, 0) is 29.7 Å². The molecule has 0 bridgehead atoms. The predicted octanol–water partition coefficient (Wildman–Crippen LogP) is 5.88. The van der Waals surface area contributed by atoms with Crippen molar-refractivity contribution in [3.05, 3.63) is 101 Å². The molecule has 0 amide bonds. The maximum atomic E-state index is 13.5. The van der Waals surface area contributed by atoms with Gasteiger partial charge in [0.2, 0.25) is 5.88 Å². The Hall–Kier alpha value is -3.30. The topological polar surface area (TPSA) is 83.0 Å². The lowest BCUT2D eigenvalue weighted by Crippen LogP contribution is -2.37. The fraction of sp³-hybridized carbons (Fsp3) is 0.321. The van der Waals surface area contributed by atoms with Gasteiger partial charge in [0.25, 0.3) is 0 Å². The number of rotatable bonds is 10. The van der Waals surface area contributed by atoms with Gasteiger partial charge in [-0.1, -0.05) is 63.0 Å². The van der Waals surface area contributed by atoms with Crippen molar-refractivity contribution in [3.8, 4) is 5.75 Å². The molecule has 7 nitrogen and oxygen atoms in total. The van der Waals surface area contributed by atoms with Crippen LogP contribution in [0.4, 0.5) is 5.69 Å². The number of aryl methyl sites for hydroxylation is 1. The maximum absolute atomic E-state index is 13.5. The van der Waals surface area contributed by atoms with E-state index < -0.39 is 18.3 Å². The van der Waals surface area contributed by atoms with E-state index in [1.165, 1.54) is 11.8 Å². The van der Waals surface area contributed by atoms with Crippen LogP contribution in [0, 0.1) is 0 Å². The number of hydrogen-bond donors (Lipinski definition) is 1. The highest BCUT2D eigenvalue weighted by Gasteiger charge is 2.39. The first kappa shape index (κ1) is 26.8. The lowest BCUT2D eigenvalue weighted by molar-refractivity contribution is 0.294. The first-order chi connectivity index (χ1) is 17.6. The van der Waals surface area contributed by atoms with Crippen molar-refractivity contribution in [2.45, 2.75) is 52.1 Å². The number of ether oxygens (including phenoxy) is 1. The molecule has 9 heteroatoms. The van der Waals surface area contributed by atoms with E-state index >= 15 is 0 Å². The molecule has 0 unspecified atom stereocenters. The van der Waals surface area contributed by atoms with Crippen LogP contribution in [0.1, 0.15) is 29.3 Å². The minimum atomic E-state index is -3.98. The van der Waals surface area contributed by atoms with Crippen molar-refractivity contribution in [2.24, 2.45) is 0 Å². The first-order valence-corrected chi connectivity index (χ1v) is 17.6. The number of aliphatic hydroxyl groups is 1.